The van der Waals surface area contributed by atoms with Crippen molar-refractivity contribution in [1.82, 2.24) is 0 Å². The molecule has 2 atom stereocenters. The highest BCUT2D eigenvalue weighted by atomic mass is 127. The first kappa shape index (κ1) is 27.5. The van der Waals surface area contributed by atoms with E-state index in [0.29, 0.717) is 41.9 Å². The van der Waals surface area contributed by atoms with Crippen LogP contribution >= 0.6 is 30.3 Å². The Kier molecular flexibility index (Phi) is 8.50. The molecular formula is C27H29IN3O5P. The molecular weight excluding hydrogens is 604 g/mol. The van der Waals surface area contributed by atoms with Gasteiger partial charge >= 0.3 is 7.75 Å². The SMILES string of the molecule is COP(N)(=O)OC1CCCN(C(=O)c2ccc(NC(=O)c3ccccc3C)cc2C)c2ccc(I)cc21. The molecule has 3 N–H and O–H groups in total. The molecule has 0 aromatic heterocycles. The zero-order valence-electron chi connectivity index (χ0n) is 20.9. The molecule has 0 spiro atoms. The summed E-state index contributed by atoms with van der Waals surface area (Å²) in [5.41, 5.74) is 10.5. The summed E-state index contributed by atoms with van der Waals surface area (Å²) in [6.45, 7) is 4.19. The summed E-state index contributed by atoms with van der Waals surface area (Å²) in [6.07, 6.45) is 0.581. The molecule has 3 aromatic rings. The molecule has 4 rings (SSSR count). The quantitative estimate of drug-likeness (QED) is 0.241. The second-order valence-corrected chi connectivity index (χ2v) is 11.8. The van der Waals surface area contributed by atoms with Crippen molar-refractivity contribution in [3.8, 4) is 0 Å². The molecule has 10 heteroatoms. The molecule has 8 nitrogen and oxygen atoms in total. The fraction of sp³-hybridized carbons (Fsp3) is 0.259. The van der Waals surface area contributed by atoms with Gasteiger partial charge in [0, 0.05) is 45.3 Å². The molecule has 1 aliphatic rings. The summed E-state index contributed by atoms with van der Waals surface area (Å²) < 4.78 is 23.9. The van der Waals surface area contributed by atoms with E-state index in [1.54, 1.807) is 29.2 Å². The first-order valence-corrected chi connectivity index (χ1v) is 14.5. The van der Waals surface area contributed by atoms with E-state index < -0.39 is 13.9 Å². The molecule has 1 aliphatic heterocycles. The molecule has 0 fully saturated rings. The third-order valence-corrected chi connectivity index (χ3v) is 8.08. The Hall–Kier alpha value is -2.56. The van der Waals surface area contributed by atoms with Crippen LogP contribution in [0.4, 0.5) is 11.4 Å². The van der Waals surface area contributed by atoms with Gasteiger partial charge in [0.25, 0.3) is 11.8 Å². The van der Waals surface area contributed by atoms with Gasteiger partial charge in [0.15, 0.2) is 0 Å². The molecule has 0 saturated carbocycles. The minimum absolute atomic E-state index is 0.167. The summed E-state index contributed by atoms with van der Waals surface area (Å²) >= 11 is 2.19. The maximum Gasteiger partial charge on any atom is 0.403 e. The second kappa shape index (κ2) is 11.4. The van der Waals surface area contributed by atoms with Crippen molar-refractivity contribution in [2.75, 3.05) is 23.9 Å². The number of hydrogen-bond donors (Lipinski definition) is 2. The highest BCUT2D eigenvalue weighted by molar-refractivity contribution is 14.1. The van der Waals surface area contributed by atoms with Crippen molar-refractivity contribution in [3.63, 3.8) is 0 Å². The Balaban J connectivity index is 1.61. The number of amides is 2. The average molecular weight is 633 g/mol. The van der Waals surface area contributed by atoms with E-state index in [9.17, 15) is 14.2 Å². The molecule has 194 valence electrons. The largest absolute Gasteiger partial charge is 0.403 e. The van der Waals surface area contributed by atoms with Crippen LogP contribution in [0.2, 0.25) is 0 Å². The van der Waals surface area contributed by atoms with Crippen LogP contribution in [-0.4, -0.2) is 25.5 Å². The van der Waals surface area contributed by atoms with Crippen molar-refractivity contribution in [2.45, 2.75) is 32.8 Å². The van der Waals surface area contributed by atoms with Gasteiger partial charge < -0.3 is 14.7 Å². The van der Waals surface area contributed by atoms with Crippen LogP contribution in [0.15, 0.2) is 60.7 Å². The molecule has 2 unspecified atom stereocenters. The predicted octanol–water partition coefficient (Wildman–Crippen LogP) is 6.37. The number of nitrogens with zero attached hydrogens (tertiary/aromatic N) is 1. The molecule has 0 aliphatic carbocycles. The Labute approximate surface area is 230 Å². The number of rotatable bonds is 6. The van der Waals surface area contributed by atoms with E-state index in [1.807, 2.05) is 50.2 Å². The molecule has 37 heavy (non-hydrogen) atoms. The van der Waals surface area contributed by atoms with Crippen molar-refractivity contribution in [1.29, 1.82) is 0 Å². The van der Waals surface area contributed by atoms with Crippen molar-refractivity contribution in [3.05, 3.63) is 92.1 Å². The molecule has 0 bridgehead atoms. The van der Waals surface area contributed by atoms with E-state index in [0.717, 1.165) is 20.3 Å². The maximum absolute atomic E-state index is 13.8. The summed E-state index contributed by atoms with van der Waals surface area (Å²) in [4.78, 5) is 28.2. The Morgan fingerprint density at radius 1 is 1.05 bits per heavy atom. The normalized spacial score (nSPS) is 16.9. The number of halogens is 1. The van der Waals surface area contributed by atoms with Crippen LogP contribution in [-0.2, 0) is 13.6 Å². The number of hydrogen-bond acceptors (Lipinski definition) is 5. The Bertz CT molecular complexity index is 1400. The van der Waals surface area contributed by atoms with Gasteiger partial charge in [-0.1, -0.05) is 18.2 Å². The first-order chi connectivity index (χ1) is 17.6. The molecule has 0 saturated heterocycles. The number of carbonyl (C=O) groups is 2. The number of aryl methyl sites for hydroxylation is 2. The van der Waals surface area contributed by atoms with Crippen LogP contribution in [0.3, 0.4) is 0 Å². The van der Waals surface area contributed by atoms with E-state index in [4.69, 9.17) is 14.6 Å². The van der Waals surface area contributed by atoms with Gasteiger partial charge in [0.2, 0.25) is 0 Å². The van der Waals surface area contributed by atoms with E-state index in [-0.39, 0.29) is 11.8 Å². The van der Waals surface area contributed by atoms with E-state index in [1.165, 1.54) is 7.11 Å². The smallest absolute Gasteiger partial charge is 0.322 e. The third kappa shape index (κ3) is 6.30. The van der Waals surface area contributed by atoms with Gasteiger partial charge in [-0.25, -0.2) is 10.1 Å². The summed E-state index contributed by atoms with van der Waals surface area (Å²) in [5.74, 6) is -0.369. The minimum Gasteiger partial charge on any atom is -0.322 e. The highest BCUT2D eigenvalue weighted by Crippen LogP contribution is 2.48. The van der Waals surface area contributed by atoms with Crippen LogP contribution in [0, 0.1) is 17.4 Å². The van der Waals surface area contributed by atoms with Crippen molar-refractivity contribution < 1.29 is 23.2 Å². The fourth-order valence-electron chi connectivity index (χ4n) is 4.43. The second-order valence-electron chi connectivity index (χ2n) is 8.92. The number of nitrogens with two attached hydrogens (primary N) is 1. The number of anilines is 2. The zero-order chi connectivity index (χ0) is 26.7. The molecule has 3 aromatic carbocycles. The lowest BCUT2D eigenvalue weighted by Gasteiger charge is -2.26. The van der Waals surface area contributed by atoms with Gasteiger partial charge in [-0.15, -0.1) is 0 Å². The van der Waals surface area contributed by atoms with Crippen LogP contribution in [0.25, 0.3) is 0 Å². The summed E-state index contributed by atoms with van der Waals surface area (Å²) in [7, 11) is -2.48. The predicted molar refractivity (Wildman–Crippen MR) is 153 cm³/mol. The minimum atomic E-state index is -3.72. The number of carbonyl (C=O) groups excluding carboxylic acids is 2. The topological polar surface area (TPSA) is 111 Å². The lowest BCUT2D eigenvalue weighted by Crippen LogP contribution is -2.32. The van der Waals surface area contributed by atoms with E-state index >= 15 is 0 Å². The van der Waals surface area contributed by atoms with Gasteiger partial charge in [-0.3, -0.25) is 14.1 Å². The fourth-order valence-corrected chi connectivity index (χ4v) is 5.61. The number of benzene rings is 3. The lowest BCUT2D eigenvalue weighted by atomic mass is 10.0. The van der Waals surface area contributed by atoms with Gasteiger partial charge in [0.05, 0.1) is 6.10 Å². The first-order valence-electron chi connectivity index (χ1n) is 11.8. The number of nitrogens with one attached hydrogen (secondary N) is 1. The Morgan fingerprint density at radius 3 is 2.51 bits per heavy atom. The summed E-state index contributed by atoms with van der Waals surface area (Å²) in [5, 5.41) is 2.92. The van der Waals surface area contributed by atoms with Gasteiger partial charge in [-0.05, 0) is 103 Å². The highest BCUT2D eigenvalue weighted by Gasteiger charge is 2.32. The van der Waals surface area contributed by atoms with Gasteiger partial charge in [-0.2, -0.15) is 0 Å². The maximum atomic E-state index is 13.8. The molecule has 2 amide bonds. The third-order valence-electron chi connectivity index (χ3n) is 6.35. The standard InChI is InChI=1S/C27H29IN3O5P/c1-17-7-4-5-8-21(17)26(32)30-20-11-12-22(18(2)15-20)27(33)31-14-6-9-25(36-37(29,34)35-3)23-16-19(28)10-13-24(23)31/h4-5,7-8,10-13,15-16,25H,6,9,14H2,1-3H3,(H2,29,34)(H,30,32). The lowest BCUT2D eigenvalue weighted by molar-refractivity contribution is 0.0984. The zero-order valence-corrected chi connectivity index (χ0v) is 23.9. The van der Waals surface area contributed by atoms with Crippen LogP contribution in [0.1, 0.15) is 56.4 Å². The molecule has 1 heterocycles. The molecule has 0 radical (unpaired) electrons. The van der Waals surface area contributed by atoms with Crippen molar-refractivity contribution >= 4 is 53.5 Å². The van der Waals surface area contributed by atoms with Crippen LogP contribution < -0.4 is 15.7 Å². The van der Waals surface area contributed by atoms with Crippen molar-refractivity contribution in [2.24, 2.45) is 5.50 Å². The van der Waals surface area contributed by atoms with Crippen LogP contribution in [0.5, 0.6) is 0 Å². The number of fused-ring (bicyclic) bond motifs is 1. The summed E-state index contributed by atoms with van der Waals surface area (Å²) in [6, 6.07) is 18.3. The van der Waals surface area contributed by atoms with E-state index in [2.05, 4.69) is 27.9 Å². The Morgan fingerprint density at radius 2 is 1.81 bits per heavy atom. The van der Waals surface area contributed by atoms with Gasteiger partial charge in [0.1, 0.15) is 0 Å². The average Bonchev–Trinajstić information content (AvgIpc) is 3.03. The monoisotopic (exact) mass is 633 g/mol.